The summed E-state index contributed by atoms with van der Waals surface area (Å²) in [4.78, 5) is 24.5. The number of sulfonamides is 1. The van der Waals surface area contributed by atoms with Crippen LogP contribution in [0.4, 0.5) is 4.39 Å². The Balaban J connectivity index is 2.13. The van der Waals surface area contributed by atoms with Gasteiger partial charge in [0, 0.05) is 23.5 Å². The summed E-state index contributed by atoms with van der Waals surface area (Å²) in [6.07, 6.45) is 0. The third-order valence-corrected chi connectivity index (χ3v) is 6.34. The van der Waals surface area contributed by atoms with E-state index in [1.165, 1.54) is 12.1 Å². The molecule has 30 heavy (non-hydrogen) atoms. The summed E-state index contributed by atoms with van der Waals surface area (Å²) in [5.74, 6) is -2.69. The molecule has 1 N–H and O–H groups in total. The van der Waals surface area contributed by atoms with Gasteiger partial charge in [-0.15, -0.1) is 0 Å². The molecule has 0 saturated heterocycles. The summed E-state index contributed by atoms with van der Waals surface area (Å²) in [5.41, 5.74) is 2.15. The van der Waals surface area contributed by atoms with E-state index in [9.17, 15) is 22.4 Å². The van der Waals surface area contributed by atoms with Gasteiger partial charge < -0.3 is 9.30 Å². The van der Waals surface area contributed by atoms with Crippen LogP contribution in [-0.4, -0.2) is 37.4 Å². The van der Waals surface area contributed by atoms with E-state index in [1.807, 2.05) is 25.3 Å². The minimum absolute atomic E-state index is 0.379. The second-order valence-corrected chi connectivity index (χ2v) is 9.02. The molecule has 2 aromatic rings. The number of hydrogen-bond donors (Lipinski definition) is 1. The Morgan fingerprint density at radius 3 is 2.37 bits per heavy atom. The number of nitrogens with one attached hydrogen (secondary N) is 1. The smallest absolute Gasteiger partial charge is 0.324 e. The number of hydrogen-bond acceptors (Lipinski definition) is 5. The molecule has 0 aliphatic heterocycles. The van der Waals surface area contributed by atoms with Crippen molar-refractivity contribution in [2.24, 2.45) is 5.92 Å². The number of nitrogens with zero attached hydrogens (tertiary/aromatic N) is 1. The van der Waals surface area contributed by atoms with Crippen molar-refractivity contribution < 1.29 is 27.1 Å². The van der Waals surface area contributed by atoms with Gasteiger partial charge >= 0.3 is 5.97 Å². The van der Waals surface area contributed by atoms with Crippen LogP contribution in [0.25, 0.3) is 0 Å². The lowest BCUT2D eigenvalue weighted by molar-refractivity contribution is -0.145. The first kappa shape index (κ1) is 23.8. The lowest BCUT2D eigenvalue weighted by Gasteiger charge is -2.20. The van der Waals surface area contributed by atoms with Gasteiger partial charge in [0.05, 0.1) is 0 Å². The van der Waals surface area contributed by atoms with E-state index in [4.69, 9.17) is 4.74 Å². The molecule has 0 amide bonds. The number of benzene rings is 1. The Morgan fingerprint density at radius 2 is 1.83 bits per heavy atom. The minimum Gasteiger partial charge on any atom is -0.456 e. The summed E-state index contributed by atoms with van der Waals surface area (Å²) in [6.45, 7) is 9.08. The van der Waals surface area contributed by atoms with Crippen LogP contribution < -0.4 is 4.72 Å². The molecule has 9 heteroatoms. The van der Waals surface area contributed by atoms with Crippen LogP contribution in [0.1, 0.15) is 42.5 Å². The van der Waals surface area contributed by atoms with Crippen LogP contribution in [0.5, 0.6) is 0 Å². The maximum Gasteiger partial charge on any atom is 0.324 e. The van der Waals surface area contributed by atoms with Crippen molar-refractivity contribution in [2.45, 2.75) is 52.1 Å². The maximum absolute atomic E-state index is 13.9. The average molecular weight is 439 g/mol. The second kappa shape index (κ2) is 9.53. The van der Waals surface area contributed by atoms with E-state index in [0.29, 0.717) is 12.1 Å². The summed E-state index contributed by atoms with van der Waals surface area (Å²) < 4.78 is 48.2. The van der Waals surface area contributed by atoms with Gasteiger partial charge in [-0.25, -0.2) is 12.8 Å². The summed E-state index contributed by atoms with van der Waals surface area (Å²) in [7, 11) is -4.30. The molecule has 2 rings (SSSR count). The molecule has 0 saturated carbocycles. The highest BCUT2D eigenvalue weighted by Crippen LogP contribution is 2.18. The number of Topliss-reactive ketones (excluding diaryl/α,β-unsaturated/α-hetero) is 1. The van der Waals surface area contributed by atoms with E-state index >= 15 is 0 Å². The summed E-state index contributed by atoms with van der Waals surface area (Å²) in [6, 6.07) is 5.33. The number of ether oxygens (including phenoxy) is 1. The molecule has 164 valence electrons. The molecule has 0 radical (unpaired) electrons. The quantitative estimate of drug-likeness (QED) is 0.480. The third-order valence-electron chi connectivity index (χ3n) is 4.86. The number of ketones is 1. The maximum atomic E-state index is 13.9. The number of carbonyl (C=O) groups excluding carboxylic acids is 2. The first-order valence-electron chi connectivity index (χ1n) is 9.63. The number of carbonyl (C=O) groups is 2. The molecule has 1 heterocycles. The van der Waals surface area contributed by atoms with Crippen LogP contribution in [0, 0.1) is 25.6 Å². The molecule has 0 aliphatic carbocycles. The van der Waals surface area contributed by atoms with E-state index in [0.717, 1.165) is 23.5 Å². The highest BCUT2D eigenvalue weighted by Gasteiger charge is 2.31. The highest BCUT2D eigenvalue weighted by molar-refractivity contribution is 7.89. The van der Waals surface area contributed by atoms with Crippen molar-refractivity contribution in [3.05, 3.63) is 53.1 Å². The van der Waals surface area contributed by atoms with Gasteiger partial charge in [0.1, 0.15) is 16.8 Å². The minimum atomic E-state index is -4.30. The van der Waals surface area contributed by atoms with Crippen molar-refractivity contribution in [3.8, 4) is 0 Å². The normalized spacial score (nSPS) is 12.8. The van der Waals surface area contributed by atoms with Crippen LogP contribution in [0.15, 0.2) is 35.2 Å². The highest BCUT2D eigenvalue weighted by atomic mass is 32.2. The first-order valence-corrected chi connectivity index (χ1v) is 11.1. The Kier molecular flexibility index (Phi) is 7.54. The monoisotopic (exact) mass is 438 g/mol. The Labute approximate surface area is 176 Å². The predicted octanol–water partition coefficient (Wildman–Crippen LogP) is 2.99. The van der Waals surface area contributed by atoms with Crippen molar-refractivity contribution in [1.29, 1.82) is 0 Å². The second-order valence-electron chi connectivity index (χ2n) is 7.33. The fourth-order valence-electron chi connectivity index (χ4n) is 3.22. The molecule has 1 atom stereocenters. The Morgan fingerprint density at radius 1 is 1.20 bits per heavy atom. The molecule has 7 nitrogen and oxygen atoms in total. The lowest BCUT2D eigenvalue weighted by atomic mass is 10.1. The average Bonchev–Trinajstić information content (AvgIpc) is 2.97. The van der Waals surface area contributed by atoms with Crippen molar-refractivity contribution in [3.63, 3.8) is 0 Å². The lowest BCUT2D eigenvalue weighted by Crippen LogP contribution is -2.45. The van der Waals surface area contributed by atoms with Crippen LogP contribution in [-0.2, 0) is 26.1 Å². The third kappa shape index (κ3) is 5.14. The van der Waals surface area contributed by atoms with Crippen molar-refractivity contribution in [2.75, 3.05) is 6.61 Å². The van der Waals surface area contributed by atoms with Crippen LogP contribution in [0.2, 0.25) is 0 Å². The molecular formula is C21H27FN2O5S. The summed E-state index contributed by atoms with van der Waals surface area (Å²) >= 11 is 0. The molecule has 1 aromatic heterocycles. The van der Waals surface area contributed by atoms with E-state index in [-0.39, 0.29) is 5.78 Å². The number of halogens is 1. The SMILES string of the molecule is CCn1c(C)cc(C(=O)COC(=O)[C@@H](NS(=O)(=O)c2ccccc2F)C(C)C)c1C. The molecule has 0 unspecified atom stereocenters. The zero-order valence-electron chi connectivity index (χ0n) is 17.7. The fraction of sp³-hybridized carbons (Fsp3) is 0.429. The topological polar surface area (TPSA) is 94.5 Å². The van der Waals surface area contributed by atoms with Gasteiger partial charge in [0.25, 0.3) is 0 Å². The zero-order valence-corrected chi connectivity index (χ0v) is 18.5. The number of esters is 1. The standard InChI is InChI=1S/C21H27FN2O5S/c1-6-24-14(4)11-16(15(24)5)18(25)12-29-21(26)20(13(2)3)23-30(27,28)19-10-8-7-9-17(19)22/h7-11,13,20,23H,6,12H2,1-5H3/t20-/m0/s1. The molecule has 0 bridgehead atoms. The zero-order chi connectivity index (χ0) is 22.6. The first-order chi connectivity index (χ1) is 14.0. The van der Waals surface area contributed by atoms with Gasteiger partial charge in [-0.2, -0.15) is 4.72 Å². The molecule has 0 fully saturated rings. The van der Waals surface area contributed by atoms with Crippen molar-refractivity contribution in [1.82, 2.24) is 9.29 Å². The number of rotatable bonds is 9. The van der Waals surface area contributed by atoms with Gasteiger partial charge in [-0.1, -0.05) is 26.0 Å². The van der Waals surface area contributed by atoms with Gasteiger partial charge in [0.2, 0.25) is 15.8 Å². The van der Waals surface area contributed by atoms with Crippen LogP contribution in [0.3, 0.4) is 0 Å². The molecule has 0 spiro atoms. The fourth-order valence-corrected chi connectivity index (χ4v) is 4.64. The van der Waals surface area contributed by atoms with Crippen molar-refractivity contribution >= 4 is 21.8 Å². The van der Waals surface area contributed by atoms with E-state index in [1.54, 1.807) is 19.9 Å². The van der Waals surface area contributed by atoms with E-state index in [2.05, 4.69) is 4.72 Å². The molecule has 1 aromatic carbocycles. The van der Waals surface area contributed by atoms with Gasteiger partial charge in [-0.05, 0) is 44.9 Å². The Bertz CT molecular complexity index is 1040. The molecule has 0 aliphatic rings. The Hall–Kier alpha value is -2.52. The van der Waals surface area contributed by atoms with Crippen LogP contribution >= 0.6 is 0 Å². The van der Waals surface area contributed by atoms with E-state index < -0.39 is 45.3 Å². The predicted molar refractivity (Wildman–Crippen MR) is 110 cm³/mol. The molecular weight excluding hydrogens is 411 g/mol. The summed E-state index contributed by atoms with van der Waals surface area (Å²) in [5, 5.41) is 0. The number of aromatic nitrogens is 1. The van der Waals surface area contributed by atoms with Gasteiger partial charge in [0.15, 0.2) is 6.61 Å². The van der Waals surface area contributed by atoms with Gasteiger partial charge in [-0.3, -0.25) is 9.59 Å². The largest absolute Gasteiger partial charge is 0.456 e. The number of aryl methyl sites for hydroxylation is 1.